The molecular weight excluding hydrogens is 176 g/mol. The summed E-state index contributed by atoms with van der Waals surface area (Å²) in [6, 6.07) is 7.16. The molecule has 0 aromatic carbocycles. The van der Waals surface area contributed by atoms with Gasteiger partial charge in [0.1, 0.15) is 5.65 Å². The van der Waals surface area contributed by atoms with Gasteiger partial charge >= 0.3 is 0 Å². The number of rotatable bonds is 4. The minimum absolute atomic E-state index is 0.262. The van der Waals surface area contributed by atoms with Crippen LogP contribution in [0.5, 0.6) is 0 Å². The summed E-state index contributed by atoms with van der Waals surface area (Å²) in [6.07, 6.45) is 4.53. The second-order valence-electron chi connectivity index (χ2n) is 3.31. The van der Waals surface area contributed by atoms with Gasteiger partial charge in [0.05, 0.1) is 0 Å². The first-order chi connectivity index (χ1) is 6.90. The highest BCUT2D eigenvalue weighted by Gasteiger charge is 2.00. The number of aryl methyl sites for hydroxylation is 1. The van der Waals surface area contributed by atoms with Crippen molar-refractivity contribution in [2.45, 2.75) is 19.3 Å². The van der Waals surface area contributed by atoms with Crippen LogP contribution in [0.25, 0.3) is 11.0 Å². The monoisotopic (exact) mass is 189 g/mol. The van der Waals surface area contributed by atoms with Crippen LogP contribution in [0.3, 0.4) is 0 Å². The zero-order chi connectivity index (χ0) is 9.80. The van der Waals surface area contributed by atoms with Crippen LogP contribution >= 0.6 is 0 Å². The molecule has 2 aromatic rings. The first-order valence-corrected chi connectivity index (χ1v) is 4.86. The average molecular weight is 189 g/mol. The normalized spacial score (nSPS) is 10.9. The number of aliphatic hydroxyl groups excluding tert-OH is 1. The Morgan fingerprint density at radius 1 is 1.43 bits per heavy atom. The van der Waals surface area contributed by atoms with Crippen molar-refractivity contribution < 1.29 is 5.11 Å². The zero-order valence-electron chi connectivity index (χ0n) is 7.95. The Kier molecular flexibility index (Phi) is 2.79. The van der Waals surface area contributed by atoms with Crippen LogP contribution < -0.4 is 0 Å². The predicted molar refractivity (Wildman–Crippen MR) is 55.0 cm³/mol. The average Bonchev–Trinajstić information content (AvgIpc) is 2.60. The fourth-order valence-corrected chi connectivity index (χ4v) is 1.48. The Labute approximate surface area is 82.8 Å². The number of fused-ring (bicyclic) bond motifs is 1. The van der Waals surface area contributed by atoms with Crippen LogP contribution in [-0.2, 0) is 6.42 Å². The van der Waals surface area contributed by atoms with Crippen LogP contribution in [0.2, 0.25) is 0 Å². The summed E-state index contributed by atoms with van der Waals surface area (Å²) < 4.78 is 0. The molecule has 0 aliphatic heterocycles. The summed E-state index contributed by atoms with van der Waals surface area (Å²) in [6.45, 7) is 0.262. The molecule has 0 bridgehead atoms. The van der Waals surface area contributed by atoms with E-state index in [1.165, 1.54) is 0 Å². The van der Waals surface area contributed by atoms with Crippen LogP contribution in [0.4, 0.5) is 0 Å². The summed E-state index contributed by atoms with van der Waals surface area (Å²) in [5.74, 6) is 0. The van der Waals surface area contributed by atoms with E-state index in [1.54, 1.807) is 6.20 Å². The lowest BCUT2D eigenvalue weighted by Gasteiger charge is -1.94. The number of unbranched alkanes of at least 4 members (excludes halogenated alkanes) is 1. The van der Waals surface area contributed by atoms with Crippen molar-refractivity contribution in [3.63, 3.8) is 0 Å². The largest absolute Gasteiger partial charge is 0.396 e. The molecule has 0 amide bonds. The maximum atomic E-state index is 8.65. The second-order valence-corrected chi connectivity index (χ2v) is 3.31. The minimum Gasteiger partial charge on any atom is -0.396 e. The van der Waals surface area contributed by atoms with E-state index >= 15 is 0 Å². The van der Waals surface area contributed by atoms with E-state index in [1.807, 2.05) is 12.1 Å². The van der Waals surface area contributed by atoms with Gasteiger partial charge < -0.3 is 10.1 Å². The maximum Gasteiger partial charge on any atom is 0.138 e. The molecule has 3 heteroatoms. The van der Waals surface area contributed by atoms with E-state index in [4.69, 9.17) is 5.11 Å². The SMILES string of the molecule is OCCCCc1[c]c2cccnc2[nH]1. The van der Waals surface area contributed by atoms with Crippen molar-refractivity contribution in [2.75, 3.05) is 6.61 Å². The lowest BCUT2D eigenvalue weighted by atomic mass is 10.2. The number of pyridine rings is 1. The van der Waals surface area contributed by atoms with Gasteiger partial charge in [-0.3, -0.25) is 0 Å². The summed E-state index contributed by atoms with van der Waals surface area (Å²) in [4.78, 5) is 7.40. The Morgan fingerprint density at radius 3 is 3.14 bits per heavy atom. The molecule has 0 saturated heterocycles. The molecule has 2 N–H and O–H groups in total. The standard InChI is InChI=1S/C11H13N2O/c14-7-2-1-5-10-8-9-4-3-6-12-11(9)13-10/h3-4,6,14H,1-2,5,7H2,(H,12,13). The molecule has 0 atom stereocenters. The van der Waals surface area contributed by atoms with Gasteiger partial charge in [-0.15, -0.1) is 0 Å². The maximum absolute atomic E-state index is 8.65. The van der Waals surface area contributed by atoms with Crippen molar-refractivity contribution in [1.29, 1.82) is 0 Å². The smallest absolute Gasteiger partial charge is 0.138 e. The Hall–Kier alpha value is -1.35. The van der Waals surface area contributed by atoms with Gasteiger partial charge in [-0.25, -0.2) is 4.98 Å². The number of hydrogen-bond acceptors (Lipinski definition) is 2. The molecule has 14 heavy (non-hydrogen) atoms. The first-order valence-electron chi connectivity index (χ1n) is 4.86. The molecule has 2 rings (SSSR count). The summed E-state index contributed by atoms with van der Waals surface area (Å²) in [7, 11) is 0. The van der Waals surface area contributed by atoms with Gasteiger partial charge in [-0.1, -0.05) is 0 Å². The lowest BCUT2D eigenvalue weighted by molar-refractivity contribution is 0.284. The molecule has 0 spiro atoms. The van der Waals surface area contributed by atoms with Crippen molar-refractivity contribution in [3.05, 3.63) is 30.1 Å². The van der Waals surface area contributed by atoms with Gasteiger partial charge in [0.25, 0.3) is 0 Å². The fraction of sp³-hybridized carbons (Fsp3) is 0.364. The highest BCUT2D eigenvalue weighted by Crippen LogP contribution is 2.12. The molecule has 0 aliphatic rings. The minimum atomic E-state index is 0.262. The summed E-state index contributed by atoms with van der Waals surface area (Å²) in [5.41, 5.74) is 1.97. The quantitative estimate of drug-likeness (QED) is 0.719. The fourth-order valence-electron chi connectivity index (χ4n) is 1.48. The third-order valence-electron chi connectivity index (χ3n) is 2.20. The zero-order valence-corrected chi connectivity index (χ0v) is 7.95. The van der Waals surface area contributed by atoms with Crippen LogP contribution in [0, 0.1) is 6.07 Å². The van der Waals surface area contributed by atoms with E-state index in [2.05, 4.69) is 16.0 Å². The highest BCUT2D eigenvalue weighted by atomic mass is 16.2. The molecule has 3 nitrogen and oxygen atoms in total. The van der Waals surface area contributed by atoms with E-state index in [0.717, 1.165) is 36.0 Å². The van der Waals surface area contributed by atoms with Gasteiger partial charge in [0.2, 0.25) is 0 Å². The van der Waals surface area contributed by atoms with Crippen molar-refractivity contribution in [3.8, 4) is 0 Å². The summed E-state index contributed by atoms with van der Waals surface area (Å²) in [5, 5.41) is 9.69. The van der Waals surface area contributed by atoms with E-state index in [0.29, 0.717) is 0 Å². The summed E-state index contributed by atoms with van der Waals surface area (Å²) >= 11 is 0. The predicted octanol–water partition coefficient (Wildman–Crippen LogP) is 1.68. The second kappa shape index (κ2) is 4.24. The molecule has 0 fully saturated rings. The number of aromatic nitrogens is 2. The Morgan fingerprint density at radius 2 is 2.36 bits per heavy atom. The molecular formula is C11H13N2O. The Bertz CT molecular complexity index is 375. The topological polar surface area (TPSA) is 48.9 Å². The molecule has 0 aliphatic carbocycles. The first kappa shape index (κ1) is 9.21. The number of nitrogens with zero attached hydrogens (tertiary/aromatic N) is 1. The van der Waals surface area contributed by atoms with Gasteiger partial charge in [0, 0.05) is 30.0 Å². The number of H-pyrrole nitrogens is 1. The molecule has 2 heterocycles. The highest BCUT2D eigenvalue weighted by molar-refractivity contribution is 5.75. The molecule has 1 radical (unpaired) electrons. The lowest BCUT2D eigenvalue weighted by Crippen LogP contribution is -1.88. The number of hydrogen-bond donors (Lipinski definition) is 2. The van der Waals surface area contributed by atoms with Crippen molar-refractivity contribution in [1.82, 2.24) is 9.97 Å². The van der Waals surface area contributed by atoms with E-state index in [-0.39, 0.29) is 6.61 Å². The van der Waals surface area contributed by atoms with Crippen LogP contribution in [0.15, 0.2) is 18.3 Å². The van der Waals surface area contributed by atoms with Crippen LogP contribution in [-0.4, -0.2) is 21.7 Å². The third kappa shape index (κ3) is 1.93. The van der Waals surface area contributed by atoms with E-state index < -0.39 is 0 Å². The number of nitrogens with one attached hydrogen (secondary N) is 1. The molecule has 2 aromatic heterocycles. The van der Waals surface area contributed by atoms with Gasteiger partial charge in [-0.05, 0) is 31.4 Å². The number of aromatic amines is 1. The molecule has 0 unspecified atom stereocenters. The number of aliphatic hydroxyl groups is 1. The van der Waals surface area contributed by atoms with Gasteiger partial charge in [-0.2, -0.15) is 0 Å². The van der Waals surface area contributed by atoms with Crippen molar-refractivity contribution >= 4 is 11.0 Å². The molecule has 0 saturated carbocycles. The van der Waals surface area contributed by atoms with Gasteiger partial charge in [0.15, 0.2) is 0 Å². The van der Waals surface area contributed by atoms with Crippen molar-refractivity contribution in [2.24, 2.45) is 0 Å². The van der Waals surface area contributed by atoms with Crippen LogP contribution in [0.1, 0.15) is 18.5 Å². The third-order valence-corrected chi connectivity index (χ3v) is 2.20. The molecule has 73 valence electrons. The Balaban J connectivity index is 2.11. The van der Waals surface area contributed by atoms with E-state index in [9.17, 15) is 0 Å².